The highest BCUT2D eigenvalue weighted by atomic mass is 15.3. The summed E-state index contributed by atoms with van der Waals surface area (Å²) in [5.41, 5.74) is 7.72. The van der Waals surface area contributed by atoms with E-state index in [1.165, 1.54) is 39.6 Å². The normalized spacial score (nSPS) is 15.4. The molecule has 0 saturated heterocycles. The van der Waals surface area contributed by atoms with Gasteiger partial charge in [-0.05, 0) is 53.8 Å². The molecule has 0 unspecified atom stereocenters. The summed E-state index contributed by atoms with van der Waals surface area (Å²) >= 11 is 0. The Hall–Kier alpha value is -3.46. The third kappa shape index (κ3) is 3.58. The first kappa shape index (κ1) is 20.4. The summed E-state index contributed by atoms with van der Waals surface area (Å²) in [6, 6.07) is 17.7. The lowest BCUT2D eigenvalue weighted by Crippen LogP contribution is -2.36. The van der Waals surface area contributed by atoms with Crippen LogP contribution >= 0.6 is 0 Å². The third-order valence-electron chi connectivity index (χ3n) is 6.36. The van der Waals surface area contributed by atoms with Crippen LogP contribution < -0.4 is 9.47 Å². The van der Waals surface area contributed by atoms with Crippen LogP contribution in [0.15, 0.2) is 85.4 Å². The number of aromatic nitrogens is 2. The largest absolute Gasteiger partial charge is 0.372 e. The smallest absolute Gasteiger partial charge is 0.187 e. The Morgan fingerprint density at radius 1 is 1.03 bits per heavy atom. The molecule has 3 aromatic rings. The molecule has 0 bridgehead atoms. The number of anilines is 1. The maximum atomic E-state index is 2.34. The van der Waals surface area contributed by atoms with Crippen molar-refractivity contribution in [3.63, 3.8) is 0 Å². The summed E-state index contributed by atoms with van der Waals surface area (Å²) in [7, 11) is 2.12. The zero-order chi connectivity index (χ0) is 22.3. The average molecular weight is 422 g/mol. The maximum Gasteiger partial charge on any atom is 0.187 e. The van der Waals surface area contributed by atoms with Gasteiger partial charge in [0.1, 0.15) is 11.4 Å². The van der Waals surface area contributed by atoms with Crippen molar-refractivity contribution in [2.24, 2.45) is 0 Å². The molecule has 1 aliphatic heterocycles. The number of hydrogen-bond donors (Lipinski definition) is 0. The fourth-order valence-electron chi connectivity index (χ4n) is 4.59. The van der Waals surface area contributed by atoms with Crippen molar-refractivity contribution in [3.8, 4) is 11.4 Å². The van der Waals surface area contributed by atoms with E-state index in [0.717, 1.165) is 12.8 Å². The van der Waals surface area contributed by atoms with Crippen molar-refractivity contribution >= 4 is 11.4 Å². The Morgan fingerprint density at radius 2 is 1.88 bits per heavy atom. The zero-order valence-electron chi connectivity index (χ0n) is 19.4. The molecule has 0 amide bonds. The van der Waals surface area contributed by atoms with E-state index in [9.17, 15) is 0 Å². The Balaban J connectivity index is 1.71. The minimum atomic E-state index is 0.104. The minimum absolute atomic E-state index is 0.104. The molecule has 2 heterocycles. The van der Waals surface area contributed by atoms with Crippen LogP contribution in [0.4, 0.5) is 5.82 Å². The number of para-hydroxylation sites is 1. The van der Waals surface area contributed by atoms with Gasteiger partial charge in [0, 0.05) is 12.6 Å². The second kappa shape index (κ2) is 7.90. The molecule has 3 heteroatoms. The van der Waals surface area contributed by atoms with E-state index in [2.05, 4.69) is 134 Å². The van der Waals surface area contributed by atoms with Crippen LogP contribution in [0.3, 0.4) is 0 Å². The van der Waals surface area contributed by atoms with Crippen molar-refractivity contribution < 1.29 is 4.57 Å². The van der Waals surface area contributed by atoms with E-state index in [4.69, 9.17) is 0 Å². The lowest BCUT2D eigenvalue weighted by atomic mass is 9.87. The van der Waals surface area contributed by atoms with Crippen LogP contribution in [0.25, 0.3) is 16.9 Å². The molecule has 32 heavy (non-hydrogen) atoms. The number of imidazole rings is 1. The van der Waals surface area contributed by atoms with E-state index >= 15 is 0 Å². The fraction of sp³-hybridized carbons (Fsp3) is 0.241. The van der Waals surface area contributed by atoms with Crippen molar-refractivity contribution in [2.75, 3.05) is 11.9 Å². The molecule has 0 saturated carbocycles. The molecule has 1 aromatic heterocycles. The molecule has 0 radical (unpaired) electrons. The summed E-state index contributed by atoms with van der Waals surface area (Å²) in [4.78, 5) is 2.21. The van der Waals surface area contributed by atoms with Gasteiger partial charge in [0.05, 0.1) is 5.69 Å². The van der Waals surface area contributed by atoms with Crippen LogP contribution in [-0.2, 0) is 5.41 Å². The molecule has 1 aliphatic carbocycles. The maximum absolute atomic E-state index is 2.34. The molecule has 0 N–H and O–H groups in total. The topological polar surface area (TPSA) is 12.1 Å². The fourth-order valence-corrected chi connectivity index (χ4v) is 4.59. The lowest BCUT2D eigenvalue weighted by molar-refractivity contribution is -0.581. The van der Waals surface area contributed by atoms with E-state index in [1.807, 2.05) is 0 Å². The van der Waals surface area contributed by atoms with Crippen molar-refractivity contribution in [1.29, 1.82) is 0 Å². The average Bonchev–Trinajstić information content (AvgIpc) is 3.20. The summed E-state index contributed by atoms with van der Waals surface area (Å²) < 4.78 is 4.66. The summed E-state index contributed by atoms with van der Waals surface area (Å²) in [6.45, 7) is 6.80. The van der Waals surface area contributed by atoms with Gasteiger partial charge in [-0.3, -0.25) is 9.13 Å². The van der Waals surface area contributed by atoms with E-state index in [1.54, 1.807) is 0 Å². The number of fused-ring (bicyclic) bond motifs is 1. The SMILES string of the molecule is CN1C=C[CH-]c2c1[n+](-c1ccccc1C1=CC=CCC1)cn2-c1cccc(C(C)(C)C)c1. The van der Waals surface area contributed by atoms with Gasteiger partial charge in [0.15, 0.2) is 12.1 Å². The van der Waals surface area contributed by atoms with E-state index in [0.29, 0.717) is 0 Å². The van der Waals surface area contributed by atoms with Crippen LogP contribution in [0.2, 0.25) is 0 Å². The van der Waals surface area contributed by atoms with Gasteiger partial charge >= 0.3 is 0 Å². The molecular formula is C29H31N3. The molecule has 0 spiro atoms. The second-order valence-electron chi connectivity index (χ2n) is 9.66. The lowest BCUT2D eigenvalue weighted by Gasteiger charge is -2.25. The Morgan fingerprint density at radius 3 is 2.66 bits per heavy atom. The standard InChI is InChI=1S/C29H31N3/c1-29(2,3)23-14-10-15-24(20-23)31-21-32(28-27(31)18-11-19-30(28)4)26-17-9-8-16-25(26)22-12-6-5-7-13-22/h5-6,8-12,14-21H,7,13H2,1-4H3. The molecule has 2 aliphatic rings. The minimum Gasteiger partial charge on any atom is -0.372 e. The first-order valence-corrected chi connectivity index (χ1v) is 11.4. The molecule has 5 rings (SSSR count). The first-order chi connectivity index (χ1) is 15.4. The summed E-state index contributed by atoms with van der Waals surface area (Å²) in [5.74, 6) is 1.17. The van der Waals surface area contributed by atoms with Gasteiger partial charge in [0.25, 0.3) is 0 Å². The molecule has 0 atom stereocenters. The highest BCUT2D eigenvalue weighted by molar-refractivity contribution is 5.73. The van der Waals surface area contributed by atoms with Gasteiger partial charge in [-0.25, -0.2) is 0 Å². The van der Waals surface area contributed by atoms with Gasteiger partial charge in [-0.1, -0.05) is 69.3 Å². The summed E-state index contributed by atoms with van der Waals surface area (Å²) in [5, 5.41) is 0. The first-order valence-electron chi connectivity index (χ1n) is 11.4. The Bertz CT molecular complexity index is 1250. The van der Waals surface area contributed by atoms with Gasteiger partial charge < -0.3 is 4.90 Å². The quantitative estimate of drug-likeness (QED) is 0.357. The third-order valence-corrected chi connectivity index (χ3v) is 6.36. The van der Waals surface area contributed by atoms with Crippen LogP contribution in [0.5, 0.6) is 0 Å². The number of rotatable bonds is 3. The molecule has 2 aromatic carbocycles. The van der Waals surface area contributed by atoms with Gasteiger partial charge in [-0.15, -0.1) is 12.5 Å². The molecule has 162 valence electrons. The monoisotopic (exact) mass is 421 g/mol. The highest BCUT2D eigenvalue weighted by Gasteiger charge is 2.25. The molecule has 3 nitrogen and oxygen atoms in total. The predicted octanol–water partition coefficient (Wildman–Crippen LogP) is 6.30. The van der Waals surface area contributed by atoms with Crippen LogP contribution in [0, 0.1) is 6.42 Å². The van der Waals surface area contributed by atoms with Crippen LogP contribution in [-0.4, -0.2) is 11.6 Å². The Kier molecular flexibility index (Phi) is 5.05. The van der Waals surface area contributed by atoms with E-state index < -0.39 is 0 Å². The number of hydrogen-bond acceptors (Lipinski definition) is 1. The number of benzene rings is 2. The van der Waals surface area contributed by atoms with Crippen molar-refractivity contribution in [2.45, 2.75) is 39.0 Å². The molecular weight excluding hydrogens is 390 g/mol. The van der Waals surface area contributed by atoms with Crippen LogP contribution in [0.1, 0.15) is 50.4 Å². The predicted molar refractivity (Wildman–Crippen MR) is 133 cm³/mol. The Labute approximate surface area is 191 Å². The second-order valence-corrected chi connectivity index (χ2v) is 9.66. The number of allylic oxidation sites excluding steroid dienone is 5. The van der Waals surface area contributed by atoms with Gasteiger partial charge in [0.2, 0.25) is 0 Å². The highest BCUT2D eigenvalue weighted by Crippen LogP contribution is 2.32. The van der Waals surface area contributed by atoms with Crippen molar-refractivity contribution in [3.05, 3.63) is 109 Å². The van der Waals surface area contributed by atoms with Gasteiger partial charge in [-0.2, -0.15) is 0 Å². The van der Waals surface area contributed by atoms with Crippen molar-refractivity contribution in [1.82, 2.24) is 4.57 Å². The number of nitrogens with zero attached hydrogens (tertiary/aromatic N) is 3. The zero-order valence-corrected chi connectivity index (χ0v) is 19.4. The van der Waals surface area contributed by atoms with E-state index in [-0.39, 0.29) is 5.41 Å². The summed E-state index contributed by atoms with van der Waals surface area (Å²) in [6.07, 6.45) is 17.6. The molecule has 0 fully saturated rings.